The Bertz CT molecular complexity index is 1520. The van der Waals surface area contributed by atoms with E-state index >= 15 is 0 Å². The molecule has 0 aliphatic heterocycles. The van der Waals surface area contributed by atoms with E-state index in [1.807, 2.05) is 44.2 Å². The monoisotopic (exact) mass is 692 g/mol. The zero-order valence-electron chi connectivity index (χ0n) is 30.3. The predicted octanol–water partition coefficient (Wildman–Crippen LogP) is 5.15. The third-order valence-corrected chi connectivity index (χ3v) is 8.17. The normalized spacial score (nSPS) is 12.4. The van der Waals surface area contributed by atoms with Crippen LogP contribution in [-0.4, -0.2) is 87.2 Å². The lowest BCUT2D eigenvalue weighted by atomic mass is 9.90. The summed E-state index contributed by atoms with van der Waals surface area (Å²) in [5.41, 5.74) is 1.90. The number of carbonyl (C=O) groups excluding carboxylic acids is 4. The van der Waals surface area contributed by atoms with Crippen molar-refractivity contribution in [1.82, 2.24) is 21.0 Å². The highest BCUT2D eigenvalue weighted by Crippen LogP contribution is 2.28. The van der Waals surface area contributed by atoms with Gasteiger partial charge in [0.05, 0.1) is 59.5 Å². The van der Waals surface area contributed by atoms with E-state index in [1.165, 1.54) is 11.1 Å². The van der Waals surface area contributed by atoms with Crippen LogP contribution in [0.1, 0.15) is 79.4 Å². The minimum absolute atomic E-state index is 0.0392. The van der Waals surface area contributed by atoms with Crippen LogP contribution in [0.2, 0.25) is 0 Å². The van der Waals surface area contributed by atoms with Crippen molar-refractivity contribution in [3.63, 3.8) is 0 Å². The van der Waals surface area contributed by atoms with Crippen molar-refractivity contribution in [3.05, 3.63) is 77.6 Å². The van der Waals surface area contributed by atoms with E-state index in [0.29, 0.717) is 59.5 Å². The first-order valence-electron chi connectivity index (χ1n) is 17.4. The summed E-state index contributed by atoms with van der Waals surface area (Å²) >= 11 is 0. The minimum Gasteiger partial charge on any atom is -0.494 e. The van der Waals surface area contributed by atoms with Gasteiger partial charge in [-0.15, -0.1) is 0 Å². The summed E-state index contributed by atoms with van der Waals surface area (Å²) in [5, 5.41) is 9.69. The molecule has 3 N–H and O–H groups in total. The number of rotatable bonds is 22. The fourth-order valence-corrected chi connectivity index (χ4v) is 5.46. The largest absolute Gasteiger partial charge is 0.494 e. The van der Waals surface area contributed by atoms with E-state index in [2.05, 4.69) is 44.0 Å². The fraction of sp³-hybridized carbons (Fsp3) is 0.474. The molecule has 0 aliphatic rings. The maximum atomic E-state index is 13.5. The minimum atomic E-state index is -0.545. The van der Waals surface area contributed by atoms with Gasteiger partial charge in [-0.05, 0) is 55.7 Å². The van der Waals surface area contributed by atoms with Gasteiger partial charge in [-0.3, -0.25) is 24.0 Å². The molecule has 2 atom stereocenters. The molecule has 2 aromatic carbocycles. The molecule has 1 heterocycles. The Morgan fingerprint density at radius 1 is 0.920 bits per heavy atom. The highest BCUT2D eigenvalue weighted by atomic mass is 16.7. The highest BCUT2D eigenvalue weighted by Gasteiger charge is 2.32. The Hall–Kier alpha value is -4.68. The van der Waals surface area contributed by atoms with Gasteiger partial charge >= 0.3 is 0 Å². The summed E-state index contributed by atoms with van der Waals surface area (Å²) in [6.45, 7) is 7.59. The Morgan fingerprint density at radius 3 is 2.34 bits per heavy atom. The third-order valence-electron chi connectivity index (χ3n) is 8.17. The van der Waals surface area contributed by atoms with Gasteiger partial charge in [0.2, 0.25) is 12.3 Å². The Morgan fingerprint density at radius 2 is 1.68 bits per heavy atom. The van der Waals surface area contributed by atoms with Gasteiger partial charge in [0, 0.05) is 11.1 Å². The van der Waals surface area contributed by atoms with Crippen molar-refractivity contribution >= 4 is 24.1 Å². The number of amides is 4. The van der Waals surface area contributed by atoms with E-state index in [4.69, 9.17) is 14.0 Å². The predicted molar refractivity (Wildman–Crippen MR) is 192 cm³/mol. The van der Waals surface area contributed by atoms with E-state index in [-0.39, 0.29) is 30.9 Å². The molecule has 0 aliphatic carbocycles. The maximum absolute atomic E-state index is 13.5. The molecular weight excluding hydrogens is 638 g/mol. The second-order valence-corrected chi connectivity index (χ2v) is 13.1. The number of benzene rings is 2. The topological polar surface area (TPSA) is 139 Å². The number of hydrogen-bond donors (Lipinski definition) is 3. The lowest BCUT2D eigenvalue weighted by Crippen LogP contribution is -2.48. The first kappa shape index (κ1) is 39.8. The number of likely N-dealkylation sites (N-methyl/N-ethyl adjacent to an activating group) is 1. The van der Waals surface area contributed by atoms with Gasteiger partial charge in [0.1, 0.15) is 18.1 Å². The smallest absolute Gasteiger partial charge is 0.288 e. The van der Waals surface area contributed by atoms with Crippen LogP contribution in [-0.2, 0) is 21.0 Å². The Kier molecular flexibility index (Phi) is 16.0. The SMILES string of the molecule is CCCCC[C@@H](C(=O)NCNC(=O)c1ccc(-c2cc(OCC)cc(C(=O)NCC[N+](C)(C)C)c2)o1)[C@@H](CC)N(C=O)OCc1ccccc1. The molecule has 4 amide bonds. The zero-order valence-corrected chi connectivity index (χ0v) is 30.3. The van der Waals surface area contributed by atoms with Crippen molar-refractivity contribution in [3.8, 4) is 17.1 Å². The van der Waals surface area contributed by atoms with Crippen LogP contribution < -0.4 is 20.7 Å². The third kappa shape index (κ3) is 12.6. The molecule has 1 aromatic heterocycles. The van der Waals surface area contributed by atoms with Crippen molar-refractivity contribution < 1.29 is 37.7 Å². The van der Waals surface area contributed by atoms with Crippen LogP contribution in [0.3, 0.4) is 0 Å². The van der Waals surface area contributed by atoms with E-state index in [0.717, 1.165) is 31.4 Å². The average Bonchev–Trinajstić information content (AvgIpc) is 3.60. The summed E-state index contributed by atoms with van der Waals surface area (Å²) in [6.07, 6.45) is 4.42. The van der Waals surface area contributed by atoms with Crippen LogP contribution >= 0.6 is 0 Å². The number of hydroxylamine groups is 2. The zero-order chi connectivity index (χ0) is 36.5. The van der Waals surface area contributed by atoms with Crippen molar-refractivity contribution in [1.29, 1.82) is 0 Å². The second kappa shape index (κ2) is 20.1. The van der Waals surface area contributed by atoms with Crippen LogP contribution in [0.4, 0.5) is 0 Å². The molecule has 0 saturated heterocycles. The average molecular weight is 693 g/mol. The highest BCUT2D eigenvalue weighted by molar-refractivity contribution is 5.96. The molecule has 3 aromatic rings. The van der Waals surface area contributed by atoms with Crippen molar-refractivity contribution in [2.45, 2.75) is 65.5 Å². The van der Waals surface area contributed by atoms with Crippen LogP contribution in [0.5, 0.6) is 5.75 Å². The molecule has 0 unspecified atom stereocenters. The van der Waals surface area contributed by atoms with Crippen LogP contribution in [0.15, 0.2) is 65.1 Å². The first-order chi connectivity index (χ1) is 24.0. The van der Waals surface area contributed by atoms with Crippen molar-refractivity contribution in [2.24, 2.45) is 5.92 Å². The molecule has 0 saturated carbocycles. The van der Waals surface area contributed by atoms with Gasteiger partial charge < -0.3 is 29.6 Å². The molecular formula is C38H54N5O7+. The number of nitrogens with one attached hydrogen (secondary N) is 3. The van der Waals surface area contributed by atoms with Gasteiger partial charge in [0.25, 0.3) is 11.8 Å². The van der Waals surface area contributed by atoms with Gasteiger partial charge in [-0.1, -0.05) is 63.4 Å². The second-order valence-electron chi connectivity index (χ2n) is 13.1. The summed E-state index contributed by atoms with van der Waals surface area (Å²) < 4.78 is 12.3. The van der Waals surface area contributed by atoms with Gasteiger partial charge in [-0.25, -0.2) is 5.06 Å². The number of furan rings is 1. The van der Waals surface area contributed by atoms with Crippen LogP contribution in [0.25, 0.3) is 11.3 Å². The standard InChI is InChI=1S/C38H53N5O7/c1-7-10-12-17-32(33(8-2)42(27-44)49-25-28-15-13-11-14-16-28)37(46)40-26-41-38(47)35-19-18-34(50-35)29-22-30(24-31(23-29)48-9-3)36(45)39-20-21-43(4,5)6/h11,13-16,18-19,22-24,27,32-33H,7-10,12,17,20-21,25-26H2,1-6H3,(H2-,39,40,41,45,46,47)/p+1/t32-,33-/m1/s1. The number of unbranched alkanes of at least 4 members (excludes halogenated alkanes) is 2. The molecule has 272 valence electrons. The summed E-state index contributed by atoms with van der Waals surface area (Å²) in [7, 11) is 6.16. The number of nitrogens with zero attached hydrogens (tertiary/aromatic N) is 2. The first-order valence-corrected chi connectivity index (χ1v) is 17.4. The summed E-state index contributed by atoms with van der Waals surface area (Å²) in [4.78, 5) is 57.4. The molecule has 0 spiro atoms. The molecule has 0 fully saturated rings. The van der Waals surface area contributed by atoms with Crippen LogP contribution in [0, 0.1) is 5.92 Å². The molecule has 3 rings (SSSR count). The van der Waals surface area contributed by atoms with Gasteiger partial charge in [-0.2, -0.15) is 0 Å². The lowest BCUT2D eigenvalue weighted by molar-refractivity contribution is -0.869. The molecule has 12 heteroatoms. The Labute approximate surface area is 296 Å². The van der Waals surface area contributed by atoms with Crippen molar-refractivity contribution in [2.75, 3.05) is 47.5 Å². The summed E-state index contributed by atoms with van der Waals surface area (Å²) in [5.74, 6) is -0.668. The number of hydrogen-bond acceptors (Lipinski definition) is 7. The van der Waals surface area contributed by atoms with E-state index in [9.17, 15) is 19.2 Å². The molecule has 0 radical (unpaired) electrons. The number of ether oxygens (including phenoxy) is 1. The fourth-order valence-electron chi connectivity index (χ4n) is 5.46. The maximum Gasteiger partial charge on any atom is 0.288 e. The lowest BCUT2D eigenvalue weighted by Gasteiger charge is -2.32. The summed E-state index contributed by atoms with van der Waals surface area (Å²) in [6, 6.07) is 17.3. The molecule has 12 nitrogen and oxygen atoms in total. The Balaban J connectivity index is 1.66. The number of carbonyl (C=O) groups is 4. The van der Waals surface area contributed by atoms with E-state index in [1.54, 1.807) is 24.3 Å². The molecule has 0 bridgehead atoms. The number of quaternary nitrogens is 1. The molecule has 50 heavy (non-hydrogen) atoms. The van der Waals surface area contributed by atoms with Gasteiger partial charge in [0.15, 0.2) is 5.76 Å². The quantitative estimate of drug-likeness (QED) is 0.0435. The van der Waals surface area contributed by atoms with E-state index < -0.39 is 17.9 Å².